The summed E-state index contributed by atoms with van der Waals surface area (Å²) in [4.78, 5) is 19.1. The topological polar surface area (TPSA) is 72.3 Å². The Morgan fingerprint density at radius 3 is 3.05 bits per heavy atom. The van der Waals surface area contributed by atoms with Crippen LogP contribution in [0.5, 0.6) is 5.75 Å². The summed E-state index contributed by atoms with van der Waals surface area (Å²) in [5.41, 5.74) is 0.969. The van der Waals surface area contributed by atoms with Crippen LogP contribution in [0, 0.1) is 0 Å². The van der Waals surface area contributed by atoms with Gasteiger partial charge >= 0.3 is 5.97 Å². The van der Waals surface area contributed by atoms with Crippen LogP contribution in [-0.2, 0) is 13.0 Å². The van der Waals surface area contributed by atoms with Crippen LogP contribution < -0.4 is 4.74 Å². The molecule has 6 heteroatoms. The van der Waals surface area contributed by atoms with Crippen molar-refractivity contribution in [3.63, 3.8) is 0 Å². The summed E-state index contributed by atoms with van der Waals surface area (Å²) in [6.07, 6.45) is 4.82. The first-order valence-corrected chi connectivity index (χ1v) is 6.81. The molecule has 0 amide bonds. The van der Waals surface area contributed by atoms with Crippen molar-refractivity contribution in [3.8, 4) is 5.75 Å². The monoisotopic (exact) mass is 278 g/mol. The van der Waals surface area contributed by atoms with E-state index in [1.807, 2.05) is 5.38 Å². The minimum atomic E-state index is -1.02. The molecule has 0 bridgehead atoms. The van der Waals surface area contributed by atoms with Crippen LogP contribution in [0.15, 0.2) is 23.8 Å². The molecule has 0 aromatic carbocycles. The minimum Gasteiger partial charge on any atom is -0.486 e. The molecule has 0 atom stereocenters. The number of ether oxygens (including phenoxy) is 1. The van der Waals surface area contributed by atoms with Gasteiger partial charge in [0.05, 0.1) is 22.5 Å². The second kappa shape index (κ2) is 6.29. The van der Waals surface area contributed by atoms with E-state index in [0.29, 0.717) is 12.4 Å². The molecule has 2 aromatic rings. The van der Waals surface area contributed by atoms with Crippen LogP contribution in [0.4, 0.5) is 0 Å². The van der Waals surface area contributed by atoms with E-state index in [1.54, 1.807) is 11.3 Å². The summed E-state index contributed by atoms with van der Waals surface area (Å²) in [5, 5.41) is 11.9. The van der Waals surface area contributed by atoms with Crippen LogP contribution in [0.1, 0.15) is 34.4 Å². The Kier molecular flexibility index (Phi) is 4.46. The van der Waals surface area contributed by atoms with Crippen LogP contribution in [0.3, 0.4) is 0 Å². The SMILES string of the molecule is CCCc1nc(COc2cncc(C(=O)O)c2)cs1. The zero-order valence-corrected chi connectivity index (χ0v) is 11.3. The second-order valence-electron chi connectivity index (χ2n) is 3.99. The van der Waals surface area contributed by atoms with Gasteiger partial charge in [-0.25, -0.2) is 9.78 Å². The van der Waals surface area contributed by atoms with Crippen molar-refractivity contribution < 1.29 is 14.6 Å². The number of aryl methyl sites for hydroxylation is 1. The van der Waals surface area contributed by atoms with E-state index >= 15 is 0 Å². The second-order valence-corrected chi connectivity index (χ2v) is 4.93. The van der Waals surface area contributed by atoms with Crippen molar-refractivity contribution in [1.82, 2.24) is 9.97 Å². The number of pyridine rings is 1. The number of aromatic nitrogens is 2. The van der Waals surface area contributed by atoms with Gasteiger partial charge in [-0.15, -0.1) is 11.3 Å². The normalized spacial score (nSPS) is 10.4. The smallest absolute Gasteiger partial charge is 0.337 e. The third-order valence-corrected chi connectivity index (χ3v) is 3.37. The molecule has 2 rings (SSSR count). The lowest BCUT2D eigenvalue weighted by Gasteiger charge is -2.04. The van der Waals surface area contributed by atoms with E-state index in [-0.39, 0.29) is 5.56 Å². The molecule has 5 nitrogen and oxygen atoms in total. The highest BCUT2D eigenvalue weighted by molar-refractivity contribution is 7.09. The third-order valence-electron chi connectivity index (χ3n) is 2.41. The summed E-state index contributed by atoms with van der Waals surface area (Å²) in [7, 11) is 0. The summed E-state index contributed by atoms with van der Waals surface area (Å²) >= 11 is 1.62. The molecule has 100 valence electrons. The molecule has 0 unspecified atom stereocenters. The molecule has 2 aromatic heterocycles. The lowest BCUT2D eigenvalue weighted by Crippen LogP contribution is -2.00. The number of rotatable bonds is 6. The van der Waals surface area contributed by atoms with Gasteiger partial charge in [-0.1, -0.05) is 6.92 Å². The van der Waals surface area contributed by atoms with Crippen LogP contribution in [-0.4, -0.2) is 21.0 Å². The van der Waals surface area contributed by atoms with Gasteiger partial charge in [0.15, 0.2) is 0 Å². The van der Waals surface area contributed by atoms with Gasteiger partial charge < -0.3 is 9.84 Å². The molecule has 1 N–H and O–H groups in total. The maximum atomic E-state index is 10.8. The molecule has 19 heavy (non-hydrogen) atoms. The van der Waals surface area contributed by atoms with Gasteiger partial charge in [-0.2, -0.15) is 0 Å². The third kappa shape index (κ3) is 3.75. The number of carbonyl (C=O) groups is 1. The number of thiazole rings is 1. The Bertz CT molecular complexity index is 569. The van der Waals surface area contributed by atoms with Gasteiger partial charge in [-0.05, 0) is 18.9 Å². The Morgan fingerprint density at radius 2 is 2.32 bits per heavy atom. The average molecular weight is 278 g/mol. The maximum absolute atomic E-state index is 10.8. The Labute approximate surface area is 114 Å². The van der Waals surface area contributed by atoms with Crippen molar-refractivity contribution in [3.05, 3.63) is 40.1 Å². The van der Waals surface area contributed by atoms with Gasteiger partial charge in [-0.3, -0.25) is 4.98 Å². The van der Waals surface area contributed by atoms with Crippen LogP contribution >= 0.6 is 11.3 Å². The first-order valence-electron chi connectivity index (χ1n) is 5.93. The van der Waals surface area contributed by atoms with Crippen LogP contribution in [0.25, 0.3) is 0 Å². The predicted molar refractivity (Wildman–Crippen MR) is 71.6 cm³/mol. The summed E-state index contributed by atoms with van der Waals surface area (Å²) in [6.45, 7) is 2.44. The highest BCUT2D eigenvalue weighted by Gasteiger charge is 2.06. The number of hydrogen-bond donors (Lipinski definition) is 1. The molecule has 0 saturated carbocycles. The van der Waals surface area contributed by atoms with E-state index in [0.717, 1.165) is 23.5 Å². The fourth-order valence-electron chi connectivity index (χ4n) is 1.52. The standard InChI is InChI=1S/C13H14N2O3S/c1-2-3-12-15-10(8-19-12)7-18-11-4-9(13(16)17)5-14-6-11/h4-6,8H,2-3,7H2,1H3,(H,16,17). The molecular weight excluding hydrogens is 264 g/mol. The summed E-state index contributed by atoms with van der Waals surface area (Å²) in [6, 6.07) is 1.45. The fourth-order valence-corrected chi connectivity index (χ4v) is 2.40. The Balaban J connectivity index is 1.97. The minimum absolute atomic E-state index is 0.113. The largest absolute Gasteiger partial charge is 0.486 e. The molecule has 0 saturated heterocycles. The van der Waals surface area contributed by atoms with Crippen molar-refractivity contribution in [2.24, 2.45) is 0 Å². The van der Waals surface area contributed by atoms with E-state index in [4.69, 9.17) is 9.84 Å². The zero-order chi connectivity index (χ0) is 13.7. The number of carboxylic acid groups (broad SMARTS) is 1. The average Bonchev–Trinajstić information content (AvgIpc) is 2.85. The van der Waals surface area contributed by atoms with E-state index in [2.05, 4.69) is 16.9 Å². The zero-order valence-electron chi connectivity index (χ0n) is 10.5. The quantitative estimate of drug-likeness (QED) is 0.879. The van der Waals surface area contributed by atoms with Crippen molar-refractivity contribution in [1.29, 1.82) is 0 Å². The van der Waals surface area contributed by atoms with E-state index in [9.17, 15) is 4.79 Å². The number of hydrogen-bond acceptors (Lipinski definition) is 5. The first kappa shape index (κ1) is 13.5. The van der Waals surface area contributed by atoms with Gasteiger partial charge in [0.2, 0.25) is 0 Å². The number of carboxylic acids is 1. The number of aromatic carboxylic acids is 1. The number of nitrogens with zero attached hydrogens (tertiary/aromatic N) is 2. The predicted octanol–water partition coefficient (Wildman–Crippen LogP) is 2.77. The fraction of sp³-hybridized carbons (Fsp3) is 0.308. The summed E-state index contributed by atoms with van der Waals surface area (Å²) < 4.78 is 5.49. The molecule has 0 radical (unpaired) electrons. The molecule has 0 fully saturated rings. The van der Waals surface area contributed by atoms with Gasteiger partial charge in [0.1, 0.15) is 12.4 Å². The van der Waals surface area contributed by atoms with E-state index in [1.165, 1.54) is 18.5 Å². The molecular formula is C13H14N2O3S. The molecule has 0 aliphatic heterocycles. The molecule has 0 aliphatic carbocycles. The van der Waals surface area contributed by atoms with Crippen LogP contribution in [0.2, 0.25) is 0 Å². The lowest BCUT2D eigenvalue weighted by molar-refractivity contribution is 0.0696. The highest BCUT2D eigenvalue weighted by Crippen LogP contribution is 2.16. The molecule has 0 aliphatic rings. The van der Waals surface area contributed by atoms with Crippen molar-refractivity contribution >= 4 is 17.3 Å². The Morgan fingerprint density at radius 1 is 1.47 bits per heavy atom. The maximum Gasteiger partial charge on any atom is 0.337 e. The molecule has 2 heterocycles. The first-order chi connectivity index (χ1) is 9.19. The van der Waals surface area contributed by atoms with Crippen molar-refractivity contribution in [2.75, 3.05) is 0 Å². The van der Waals surface area contributed by atoms with E-state index < -0.39 is 5.97 Å². The summed E-state index contributed by atoms with van der Waals surface area (Å²) in [5.74, 6) is -0.582. The van der Waals surface area contributed by atoms with Gasteiger partial charge in [0.25, 0.3) is 0 Å². The van der Waals surface area contributed by atoms with Gasteiger partial charge in [0, 0.05) is 11.6 Å². The highest BCUT2D eigenvalue weighted by atomic mass is 32.1. The lowest BCUT2D eigenvalue weighted by atomic mass is 10.3. The Hall–Kier alpha value is -1.95. The van der Waals surface area contributed by atoms with Crippen molar-refractivity contribution in [2.45, 2.75) is 26.4 Å². The molecule has 0 spiro atoms.